The van der Waals surface area contributed by atoms with Crippen molar-refractivity contribution in [1.29, 1.82) is 16.2 Å². The molecule has 52 nitrogen and oxygen atoms in total. The van der Waals surface area contributed by atoms with E-state index in [2.05, 4.69) is 111 Å². The van der Waals surface area contributed by atoms with Crippen LogP contribution in [-0.2, 0) is 112 Å². The number of rotatable bonds is 63. The number of hydrogen-bond acceptors (Lipinski definition) is 26. The Morgan fingerprint density at radius 1 is 0.396 bits per heavy atom. The van der Waals surface area contributed by atoms with Crippen molar-refractivity contribution in [3.63, 3.8) is 0 Å². The van der Waals surface area contributed by atoms with Crippen molar-refractivity contribution in [3.8, 4) is 11.5 Å². The van der Waals surface area contributed by atoms with Crippen LogP contribution in [0, 0.1) is 34.0 Å². The Balaban J connectivity index is 1.47. The summed E-state index contributed by atoms with van der Waals surface area (Å²) in [6.07, 6.45) is -1.57. The maximum absolute atomic E-state index is 15.3. The van der Waals surface area contributed by atoms with Gasteiger partial charge in [-0.25, -0.2) is 4.98 Å². The highest BCUT2D eigenvalue weighted by Gasteiger charge is 2.42. The van der Waals surface area contributed by atoms with Gasteiger partial charge in [-0.1, -0.05) is 96.8 Å². The summed E-state index contributed by atoms with van der Waals surface area (Å²) in [6, 6.07) is -6.64. The standard InChI is InChI=1S/C92H140N30O22/c1-10-46(5)72(120-84(139)65(37-52-24-28-56(127)29-25-52)116-82(137)67(39-54-42-102-44-107-54)118-79(134)60(20-15-33-104-91(98)99)111-81(136)64(35-45(3)4)115-76(131)48(7)108-86(141)69(43-123)109-50(9)125)87(142)119-68(40-71(94)129)83(138)117-66(38-53-41-106-58-18-13-12-17-57(53)58)85(140)121-73(47(6)11-2)88(143)122-74(49(8)124)89(144)113-61(21-16-34-105-92(100)101)77(132)112-62(30-31-70(93)128)80(135)110-59(19-14-32-103-90(96)97)78(133)114-63(75(95)130)36-51-22-26-55(126)27-23-51/h12-13,17-18,22-29,41-42,44-49,59-69,72-74,106,123-124,126-127H,10-11,14-16,19-21,30-40,43H2,1-9H3,(H2,93,128)(H2,94,129)(H2,95,130)(H,102,107)(H,108,141)(H,109,125)(H,110,135)(H,111,136)(H,112,132)(H,113,144)(H,114,133)(H,115,131)(H,116,137)(H,117,138)(H,118,134)(H,119,142)(H,120,139)(H,121,140)(H,122,143)(H4,96,97,103)(H4,98,99,104)(H4,100,101,105)/t46-,47-,48-,49+,59-,60-,61-,62-,63-,64-,65-,66-,67-,68-,69-,72-,73-,74-/m0/s1. The van der Waals surface area contributed by atoms with E-state index in [1.165, 1.54) is 81.1 Å². The van der Waals surface area contributed by atoms with Crippen LogP contribution in [0.2, 0.25) is 0 Å². The van der Waals surface area contributed by atoms with Gasteiger partial charge in [0.2, 0.25) is 106 Å². The molecule has 3 aromatic carbocycles. The van der Waals surface area contributed by atoms with Crippen LogP contribution < -0.4 is 130 Å². The number of nitrogens with one attached hydrogen (secondary N) is 23. The summed E-state index contributed by atoms with van der Waals surface area (Å²) in [6.45, 7) is 12.4. The van der Waals surface area contributed by atoms with Gasteiger partial charge in [0, 0.05) is 87.7 Å². The number of guanidine groups is 3. The van der Waals surface area contributed by atoms with E-state index in [4.69, 9.17) is 50.6 Å². The van der Waals surface area contributed by atoms with Gasteiger partial charge >= 0.3 is 0 Å². The molecule has 0 aliphatic carbocycles. The lowest BCUT2D eigenvalue weighted by molar-refractivity contribution is -0.138. The zero-order chi connectivity index (χ0) is 107. The van der Waals surface area contributed by atoms with Crippen molar-refractivity contribution in [3.05, 3.63) is 114 Å². The Labute approximate surface area is 830 Å². The summed E-state index contributed by atoms with van der Waals surface area (Å²) in [5.41, 5.74) is 35.6. The molecule has 0 aliphatic heterocycles. The number of aliphatic hydroxyl groups excluding tert-OH is 2. The number of imidazole rings is 1. The second-order valence-corrected chi connectivity index (χ2v) is 35.5. The minimum atomic E-state index is -1.99. The molecule has 0 unspecified atom stereocenters. The zero-order valence-corrected chi connectivity index (χ0v) is 81.8. The normalized spacial score (nSPS) is 14.9. The van der Waals surface area contributed by atoms with Gasteiger partial charge in [-0.2, -0.15) is 0 Å². The van der Waals surface area contributed by atoms with E-state index in [-0.39, 0.29) is 113 Å². The third-order valence-electron chi connectivity index (χ3n) is 23.2. The van der Waals surface area contributed by atoms with Crippen molar-refractivity contribution in [2.24, 2.45) is 52.2 Å². The number of nitrogens with zero attached hydrogens (tertiary/aromatic N) is 1. The fourth-order valence-corrected chi connectivity index (χ4v) is 14.9. The minimum Gasteiger partial charge on any atom is -0.508 e. The predicted molar refractivity (Wildman–Crippen MR) is 524 cm³/mol. The largest absolute Gasteiger partial charge is 0.508 e. The van der Waals surface area contributed by atoms with Gasteiger partial charge in [0.15, 0.2) is 17.9 Å². The molecule has 0 radical (unpaired) electrons. The highest BCUT2D eigenvalue weighted by atomic mass is 16.3. The average Bonchev–Trinajstić information content (AvgIpc) is 1.64. The second kappa shape index (κ2) is 59.7. The molecule has 0 fully saturated rings. The van der Waals surface area contributed by atoms with Crippen LogP contribution in [0.3, 0.4) is 0 Å². The topological polar surface area (TPSA) is 877 Å². The molecule has 2 heterocycles. The summed E-state index contributed by atoms with van der Waals surface area (Å²) in [5, 5.41) is 111. The van der Waals surface area contributed by atoms with E-state index in [0.717, 1.165) is 13.8 Å². The molecule has 52 heteroatoms. The fraction of sp³-hybridized carbons (Fsp3) is 0.522. The fourth-order valence-electron chi connectivity index (χ4n) is 14.9. The molecule has 0 aliphatic rings. The lowest BCUT2D eigenvalue weighted by atomic mass is 9.96. The van der Waals surface area contributed by atoms with Gasteiger partial charge in [0.25, 0.3) is 0 Å². The van der Waals surface area contributed by atoms with Crippen molar-refractivity contribution in [2.75, 3.05) is 26.2 Å². The van der Waals surface area contributed by atoms with E-state index in [1.807, 2.05) is 0 Å². The molecular weight excluding hydrogens is 1880 g/mol. The third-order valence-corrected chi connectivity index (χ3v) is 23.2. The van der Waals surface area contributed by atoms with Gasteiger partial charge in [0.05, 0.1) is 25.5 Å². The first-order chi connectivity index (χ1) is 68.0. The Morgan fingerprint density at radius 2 is 0.771 bits per heavy atom. The molecule has 0 saturated carbocycles. The highest BCUT2D eigenvalue weighted by molar-refractivity contribution is 6.02. The van der Waals surface area contributed by atoms with E-state index in [1.54, 1.807) is 58.9 Å². The molecule has 0 bridgehead atoms. The molecule has 18 atom stereocenters. The molecular formula is C92H140N30O22. The van der Waals surface area contributed by atoms with Crippen LogP contribution in [0.4, 0.5) is 0 Å². The molecule has 790 valence electrons. The summed E-state index contributed by atoms with van der Waals surface area (Å²) in [4.78, 5) is 265. The minimum absolute atomic E-state index is 0.00162. The van der Waals surface area contributed by atoms with Crippen LogP contribution in [0.1, 0.15) is 162 Å². The number of benzene rings is 3. The number of nitrogens with two attached hydrogens (primary N) is 6. The number of H-pyrrole nitrogens is 2. The quantitative estimate of drug-likeness (QED) is 0.00977. The molecule has 0 saturated heterocycles. The lowest BCUT2D eigenvalue weighted by Gasteiger charge is -2.31. The average molecular weight is 2020 g/mol. The number of phenols is 2. The second-order valence-electron chi connectivity index (χ2n) is 35.5. The molecule has 2 aromatic heterocycles. The SMILES string of the molecule is CC[C@H](C)[C@H](NC(=O)[C@H](Cc1ccc(O)cc1)NC(=O)[C@H](Cc1cnc[nH]1)NC(=O)[C@H](CCCNC(=N)N)NC(=O)[C@H](CC(C)C)NC(=O)[C@H](C)NC(=O)[C@H](CO)NC(C)=O)C(=O)N[C@@H](CC(N)=O)C(=O)N[C@@H](Cc1c[nH]c2ccccc12)C(=O)N[C@H](C(=O)N[C@H](C(=O)N[C@@H](CCCNC(=N)N)C(=O)N[C@@H](CCC(N)=O)C(=O)N[C@@H](CCCNC(=N)N)C(=O)N[C@@H](Cc1ccc(O)cc1)C(N)=O)[C@@H](C)O)[C@@H](C)CC. The number of para-hydroxylation sites is 1. The Bertz CT molecular complexity index is 5240. The molecule has 5 aromatic rings. The van der Waals surface area contributed by atoms with Crippen molar-refractivity contribution in [2.45, 2.75) is 262 Å². The first-order valence-electron chi connectivity index (χ1n) is 47.0. The first kappa shape index (κ1) is 119. The van der Waals surface area contributed by atoms with Crippen molar-refractivity contribution in [1.82, 2.24) is 111 Å². The van der Waals surface area contributed by atoms with Crippen LogP contribution in [-0.4, -0.2) is 283 Å². The predicted octanol–water partition coefficient (Wildman–Crippen LogP) is -7.19. The number of carbonyl (C=O) groups excluding carboxylic acids is 18. The Morgan fingerprint density at radius 3 is 1.19 bits per heavy atom. The number of aromatic hydroxyl groups is 2. The number of aliphatic hydroxyl groups is 2. The van der Waals surface area contributed by atoms with Crippen LogP contribution in [0.5, 0.6) is 11.5 Å². The maximum Gasteiger partial charge on any atom is 0.245 e. The van der Waals surface area contributed by atoms with E-state index < -0.39 is 271 Å². The summed E-state index contributed by atoms with van der Waals surface area (Å²) >= 11 is 0. The van der Waals surface area contributed by atoms with Crippen molar-refractivity contribution >= 4 is 135 Å². The lowest BCUT2D eigenvalue weighted by Crippen LogP contribution is -2.63. The number of phenolic OH excluding ortho intramolecular Hbond substituents is 2. The summed E-state index contributed by atoms with van der Waals surface area (Å²) in [5.74, 6) is -22.2. The number of aromatic amines is 2. The smallest absolute Gasteiger partial charge is 0.245 e. The van der Waals surface area contributed by atoms with Gasteiger partial charge in [-0.3, -0.25) is 103 Å². The molecule has 39 N–H and O–H groups in total. The number of aromatic nitrogens is 3. The van der Waals surface area contributed by atoms with Crippen LogP contribution in [0.15, 0.2) is 91.5 Å². The molecule has 144 heavy (non-hydrogen) atoms. The Kier molecular flexibility index (Phi) is 49.2. The molecule has 18 amide bonds. The maximum atomic E-state index is 15.3. The van der Waals surface area contributed by atoms with E-state index in [9.17, 15) is 78.0 Å². The number of amides is 18. The van der Waals surface area contributed by atoms with Crippen LogP contribution in [0.25, 0.3) is 10.9 Å². The van der Waals surface area contributed by atoms with Gasteiger partial charge in [-0.15, -0.1) is 0 Å². The zero-order valence-electron chi connectivity index (χ0n) is 81.8. The van der Waals surface area contributed by atoms with Gasteiger partial charge in [0.1, 0.15) is 102 Å². The van der Waals surface area contributed by atoms with Crippen LogP contribution >= 0.6 is 0 Å². The third kappa shape index (κ3) is 41.2. The van der Waals surface area contributed by atoms with Gasteiger partial charge < -0.3 is 160 Å². The number of carbonyl (C=O) groups is 18. The number of primary amides is 3. The number of fused-ring (bicyclic) bond motifs is 1. The van der Waals surface area contributed by atoms with Crippen molar-refractivity contribution < 1.29 is 107 Å². The highest BCUT2D eigenvalue weighted by Crippen LogP contribution is 2.23. The summed E-state index contributed by atoms with van der Waals surface area (Å²) < 4.78 is 0. The monoisotopic (exact) mass is 2020 g/mol. The molecule has 0 spiro atoms. The van der Waals surface area contributed by atoms with Gasteiger partial charge in [-0.05, 0) is 130 Å². The van der Waals surface area contributed by atoms with E-state index >= 15 is 28.8 Å². The molecule has 5 rings (SSSR count). The Hall–Kier alpha value is -15.8. The first-order valence-corrected chi connectivity index (χ1v) is 47.0. The summed E-state index contributed by atoms with van der Waals surface area (Å²) in [7, 11) is 0. The van der Waals surface area contributed by atoms with E-state index in [0.29, 0.717) is 27.6 Å². The number of hydrogen-bond donors (Lipinski definition) is 33.